The van der Waals surface area contributed by atoms with Crippen LogP contribution in [0.2, 0.25) is 0 Å². The molecule has 0 amide bonds. The fraction of sp³-hybridized carbons (Fsp3) is 0.333. The van der Waals surface area contributed by atoms with E-state index in [4.69, 9.17) is 15.2 Å². The Balaban J connectivity index is 0.000000751. The number of nitrogens with one attached hydrogen (secondary N) is 1. The van der Waals surface area contributed by atoms with Gasteiger partial charge >= 0.3 is 0 Å². The molecule has 10 heteroatoms. The second-order valence-electron chi connectivity index (χ2n) is 8.03. The first-order valence-electron chi connectivity index (χ1n) is 10.8. The van der Waals surface area contributed by atoms with Crippen molar-refractivity contribution in [1.29, 1.82) is 0 Å². The minimum atomic E-state index is -1.04. The van der Waals surface area contributed by atoms with E-state index >= 15 is 0 Å². The number of nitrogens with two attached hydrogens (primary N) is 1. The molecule has 1 aromatic carbocycles. The normalized spacial score (nSPS) is 13.7. The van der Waals surface area contributed by atoms with Gasteiger partial charge in [0.2, 0.25) is 5.88 Å². The molecule has 0 aliphatic carbocycles. The summed E-state index contributed by atoms with van der Waals surface area (Å²) in [6.45, 7) is 4.45. The van der Waals surface area contributed by atoms with Crippen molar-refractivity contribution in [2.75, 3.05) is 24.8 Å². The molecule has 4 bridgehead atoms. The van der Waals surface area contributed by atoms with E-state index in [0.717, 1.165) is 11.8 Å². The van der Waals surface area contributed by atoms with Gasteiger partial charge in [-0.3, -0.25) is 4.21 Å². The summed E-state index contributed by atoms with van der Waals surface area (Å²) in [5.41, 5.74) is 6.54. The molecule has 1 unspecified atom stereocenters. The van der Waals surface area contributed by atoms with Crippen molar-refractivity contribution in [3.63, 3.8) is 0 Å². The van der Waals surface area contributed by atoms with E-state index in [0.29, 0.717) is 47.9 Å². The molecule has 0 spiro atoms. The van der Waals surface area contributed by atoms with E-state index in [-0.39, 0.29) is 17.9 Å². The van der Waals surface area contributed by atoms with E-state index in [1.54, 1.807) is 18.4 Å². The van der Waals surface area contributed by atoms with E-state index in [1.807, 2.05) is 13.8 Å². The van der Waals surface area contributed by atoms with Gasteiger partial charge in [0.1, 0.15) is 29.0 Å². The van der Waals surface area contributed by atoms with Gasteiger partial charge in [-0.15, -0.1) is 0 Å². The van der Waals surface area contributed by atoms with Crippen LogP contribution >= 0.6 is 0 Å². The second-order valence-corrected chi connectivity index (χ2v) is 9.46. The highest BCUT2D eigenvalue weighted by atomic mass is 32.2. The highest BCUT2D eigenvalue weighted by Gasteiger charge is 2.15. The lowest BCUT2D eigenvalue weighted by molar-refractivity contribution is 0.242. The number of nitrogens with zero attached hydrogens (tertiary/aromatic N) is 2. The fourth-order valence-corrected chi connectivity index (χ4v) is 3.75. The predicted molar refractivity (Wildman–Crippen MR) is 130 cm³/mol. The third-order valence-corrected chi connectivity index (χ3v) is 5.11. The Morgan fingerprint density at radius 3 is 2.56 bits per heavy atom. The summed E-state index contributed by atoms with van der Waals surface area (Å²) in [5, 5.41) is 3.04. The van der Waals surface area contributed by atoms with Gasteiger partial charge in [-0.2, -0.15) is 4.98 Å². The van der Waals surface area contributed by atoms with Crippen LogP contribution in [0.5, 0.6) is 11.6 Å². The average Bonchev–Trinajstić information content (AvgIpc) is 2.74. The third-order valence-electron chi connectivity index (χ3n) is 4.37. The van der Waals surface area contributed by atoms with Gasteiger partial charge in [0.15, 0.2) is 0 Å². The zero-order chi connectivity index (χ0) is 24.7. The Morgan fingerprint density at radius 1 is 1.09 bits per heavy atom. The summed E-state index contributed by atoms with van der Waals surface area (Å²) in [4.78, 5) is 8.47. The van der Waals surface area contributed by atoms with Gasteiger partial charge in [0.05, 0.1) is 19.4 Å². The van der Waals surface area contributed by atoms with E-state index in [1.165, 1.54) is 24.3 Å². The topological polar surface area (TPSA) is 99.4 Å². The number of fused-ring (bicyclic) bond motifs is 6. The molecule has 3 aromatic rings. The molecule has 1 atom stereocenters. The SMILES string of the molecule is CC(C)N.CS(=O)Cc1cc2nc(c1)OCCCOc1cc(F)ccc1-c1cc(ncc1F)N2. The largest absolute Gasteiger partial charge is 0.493 e. The van der Waals surface area contributed by atoms with Crippen LogP contribution in [0.25, 0.3) is 11.1 Å². The number of hydrogen-bond donors (Lipinski definition) is 2. The second kappa shape index (κ2) is 11.8. The number of pyridine rings is 2. The molecule has 1 aliphatic heterocycles. The number of aromatic nitrogens is 2. The van der Waals surface area contributed by atoms with Crippen LogP contribution in [0, 0.1) is 11.6 Å². The maximum absolute atomic E-state index is 14.6. The summed E-state index contributed by atoms with van der Waals surface area (Å²) >= 11 is 0. The molecule has 7 nitrogen and oxygen atoms in total. The highest BCUT2D eigenvalue weighted by Crippen LogP contribution is 2.34. The number of ether oxygens (including phenoxy) is 2. The number of benzene rings is 1. The quantitative estimate of drug-likeness (QED) is 0.543. The Labute approximate surface area is 200 Å². The van der Waals surface area contributed by atoms with Crippen LogP contribution < -0.4 is 20.5 Å². The van der Waals surface area contributed by atoms with Gasteiger partial charge in [-0.1, -0.05) is 13.8 Å². The third kappa shape index (κ3) is 7.46. The van der Waals surface area contributed by atoms with Gasteiger partial charge < -0.3 is 20.5 Å². The van der Waals surface area contributed by atoms with E-state index in [2.05, 4.69) is 15.3 Å². The molecule has 0 saturated heterocycles. The van der Waals surface area contributed by atoms with Crippen LogP contribution in [0.4, 0.5) is 20.4 Å². The molecular formula is C24H28F2N4O3S. The number of anilines is 2. The van der Waals surface area contributed by atoms with Gasteiger partial charge in [0, 0.05) is 52.5 Å². The first kappa shape index (κ1) is 25.5. The minimum Gasteiger partial charge on any atom is -0.493 e. The van der Waals surface area contributed by atoms with Crippen molar-refractivity contribution in [3.8, 4) is 22.8 Å². The monoisotopic (exact) mass is 490 g/mol. The summed E-state index contributed by atoms with van der Waals surface area (Å²) in [6, 6.07) is 9.28. The highest BCUT2D eigenvalue weighted by molar-refractivity contribution is 7.83. The zero-order valence-electron chi connectivity index (χ0n) is 19.3. The average molecular weight is 491 g/mol. The summed E-state index contributed by atoms with van der Waals surface area (Å²) in [6.07, 6.45) is 3.21. The first-order chi connectivity index (χ1) is 16.2. The molecule has 3 heterocycles. The van der Waals surface area contributed by atoms with Crippen molar-refractivity contribution in [1.82, 2.24) is 9.97 Å². The molecule has 4 rings (SSSR count). The smallest absolute Gasteiger partial charge is 0.215 e. The maximum atomic E-state index is 14.6. The standard InChI is InChI=1S/C21H19F2N3O3S.C3H9N/c1-30(27)12-13-7-20-25-19-10-16(17(23)11-24-19)15-4-3-14(22)9-18(15)28-5-2-6-29-21(8-13)26-20;1-3(2)4/h3-4,7-11H,2,5-6,12H2,1H3,(H,24,25,26);3H,4H2,1-2H3. The lowest BCUT2D eigenvalue weighted by Gasteiger charge is -2.16. The molecule has 1 aliphatic rings. The van der Waals surface area contributed by atoms with Crippen LogP contribution in [-0.4, -0.2) is 39.7 Å². The molecule has 182 valence electrons. The molecule has 0 saturated carbocycles. The number of halogens is 2. The van der Waals surface area contributed by atoms with E-state index < -0.39 is 22.4 Å². The lowest BCUT2D eigenvalue weighted by atomic mass is 10.0. The van der Waals surface area contributed by atoms with Crippen molar-refractivity contribution in [3.05, 3.63) is 59.8 Å². The van der Waals surface area contributed by atoms with Gasteiger partial charge in [-0.05, 0) is 35.9 Å². The Hall–Kier alpha value is -3.11. The number of hydrogen-bond acceptors (Lipinski definition) is 7. The molecule has 0 fully saturated rings. The van der Waals surface area contributed by atoms with Crippen LogP contribution in [-0.2, 0) is 16.6 Å². The van der Waals surface area contributed by atoms with Crippen molar-refractivity contribution in [2.24, 2.45) is 5.73 Å². The predicted octanol–water partition coefficient (Wildman–Crippen LogP) is 4.56. The Bertz CT molecular complexity index is 1160. The summed E-state index contributed by atoms with van der Waals surface area (Å²) in [7, 11) is -1.04. The van der Waals surface area contributed by atoms with Crippen molar-refractivity contribution >= 4 is 22.4 Å². The zero-order valence-corrected chi connectivity index (χ0v) is 20.1. The van der Waals surface area contributed by atoms with Gasteiger partial charge in [0.25, 0.3) is 0 Å². The molecular weight excluding hydrogens is 462 g/mol. The summed E-state index contributed by atoms with van der Waals surface area (Å²) < 4.78 is 51.4. The van der Waals surface area contributed by atoms with Crippen LogP contribution in [0.1, 0.15) is 25.8 Å². The molecule has 3 N–H and O–H groups in total. The molecule has 0 radical (unpaired) electrons. The fourth-order valence-electron chi connectivity index (χ4n) is 3.12. The minimum absolute atomic E-state index is 0.224. The molecule has 2 aromatic heterocycles. The van der Waals surface area contributed by atoms with E-state index in [9.17, 15) is 13.0 Å². The van der Waals surface area contributed by atoms with Crippen LogP contribution in [0.3, 0.4) is 0 Å². The van der Waals surface area contributed by atoms with Gasteiger partial charge in [-0.25, -0.2) is 13.8 Å². The maximum Gasteiger partial charge on any atom is 0.215 e. The van der Waals surface area contributed by atoms with Crippen molar-refractivity contribution < 1.29 is 22.5 Å². The Kier molecular flexibility index (Phi) is 8.89. The van der Waals surface area contributed by atoms with Crippen LogP contribution in [0.15, 0.2) is 42.6 Å². The lowest BCUT2D eigenvalue weighted by Crippen LogP contribution is -2.09. The number of rotatable bonds is 2. The van der Waals surface area contributed by atoms with Crippen molar-refractivity contribution in [2.45, 2.75) is 32.1 Å². The Morgan fingerprint density at radius 2 is 1.82 bits per heavy atom. The summed E-state index contributed by atoms with van der Waals surface area (Å²) in [5.74, 6) is 0.698. The first-order valence-corrected chi connectivity index (χ1v) is 12.5. The molecule has 34 heavy (non-hydrogen) atoms.